The Kier molecular flexibility index (Phi) is 7.71. The lowest BCUT2D eigenvalue weighted by atomic mass is 9.99. The second-order valence-corrected chi connectivity index (χ2v) is 10.3. The minimum Gasteiger partial charge on any atom is -0.464 e. The number of carbonyl (C=O) groups excluding carboxylic acids is 1. The maximum Gasteiger partial charge on any atom is 0.513 e. The van der Waals surface area contributed by atoms with E-state index in [1.54, 1.807) is 51.1 Å². The largest absolute Gasteiger partial charge is 0.513 e. The van der Waals surface area contributed by atoms with E-state index >= 15 is 0 Å². The molecular formula is C23H21F5NO5P. The smallest absolute Gasteiger partial charge is 0.464 e. The van der Waals surface area contributed by atoms with E-state index < -0.39 is 60.5 Å². The number of fused-ring (bicyclic) bond motifs is 1. The number of ether oxygens (including phenoxy) is 1. The summed E-state index contributed by atoms with van der Waals surface area (Å²) in [4.78, 5) is 12.1. The number of nitrogens with one attached hydrogen (secondary N) is 1. The highest BCUT2D eigenvalue weighted by molar-refractivity contribution is 7.52. The average molecular weight is 517 g/mol. The van der Waals surface area contributed by atoms with E-state index in [0.29, 0.717) is 10.8 Å². The SMILES string of the molecule is CC(C)(C)COC(=O)CNP(=O)(Oc1c(F)c(F)c(F)c(F)c1F)Oc1cccc2ccccc12. The van der Waals surface area contributed by atoms with E-state index in [1.165, 1.54) is 12.1 Å². The molecule has 0 spiro atoms. The minimum atomic E-state index is -4.98. The molecule has 3 aromatic carbocycles. The normalized spacial score (nSPS) is 13.4. The van der Waals surface area contributed by atoms with Gasteiger partial charge < -0.3 is 13.8 Å². The van der Waals surface area contributed by atoms with E-state index in [0.717, 1.165) is 0 Å². The summed E-state index contributed by atoms with van der Waals surface area (Å²) in [6, 6.07) is 11.1. The molecule has 0 aliphatic rings. The predicted molar refractivity (Wildman–Crippen MR) is 117 cm³/mol. The maximum atomic E-state index is 14.2. The quantitative estimate of drug-likeness (QED) is 0.125. The van der Waals surface area contributed by atoms with Crippen LogP contribution in [-0.2, 0) is 14.1 Å². The lowest BCUT2D eigenvalue weighted by Crippen LogP contribution is -2.29. The van der Waals surface area contributed by atoms with E-state index in [4.69, 9.17) is 13.8 Å². The third kappa shape index (κ3) is 6.29. The molecule has 3 aromatic rings. The summed E-state index contributed by atoms with van der Waals surface area (Å²) in [5, 5.41) is 3.09. The maximum absolute atomic E-state index is 14.2. The monoisotopic (exact) mass is 517 g/mol. The Morgan fingerprint density at radius 1 is 0.857 bits per heavy atom. The fourth-order valence-corrected chi connectivity index (χ4v) is 4.09. The zero-order valence-corrected chi connectivity index (χ0v) is 19.7. The Morgan fingerprint density at radius 3 is 2.06 bits per heavy atom. The van der Waals surface area contributed by atoms with Gasteiger partial charge in [-0.25, -0.2) is 17.7 Å². The third-order valence-electron chi connectivity index (χ3n) is 4.43. The highest BCUT2D eigenvalue weighted by Crippen LogP contribution is 2.48. The Labute approximate surface area is 197 Å². The lowest BCUT2D eigenvalue weighted by Gasteiger charge is -2.22. The van der Waals surface area contributed by atoms with Crippen molar-refractivity contribution in [2.24, 2.45) is 5.41 Å². The third-order valence-corrected chi connectivity index (χ3v) is 5.84. The van der Waals surface area contributed by atoms with Gasteiger partial charge in [0, 0.05) is 5.39 Å². The summed E-state index contributed by atoms with van der Waals surface area (Å²) < 4.78 is 97.9. The number of rotatable bonds is 8. The summed E-state index contributed by atoms with van der Waals surface area (Å²) in [6.07, 6.45) is 0. The molecule has 12 heteroatoms. The zero-order chi connectivity index (χ0) is 26.0. The summed E-state index contributed by atoms with van der Waals surface area (Å²) in [7, 11) is -4.98. The van der Waals surface area contributed by atoms with Crippen molar-refractivity contribution in [3.8, 4) is 11.5 Å². The van der Waals surface area contributed by atoms with Crippen molar-refractivity contribution in [2.75, 3.05) is 13.2 Å². The highest BCUT2D eigenvalue weighted by Gasteiger charge is 2.36. The van der Waals surface area contributed by atoms with Crippen LogP contribution in [0.4, 0.5) is 22.0 Å². The Balaban J connectivity index is 1.97. The van der Waals surface area contributed by atoms with Crippen LogP contribution in [0.5, 0.6) is 11.5 Å². The van der Waals surface area contributed by atoms with Gasteiger partial charge in [0.1, 0.15) is 12.3 Å². The lowest BCUT2D eigenvalue weighted by molar-refractivity contribution is -0.145. The molecule has 0 saturated carbocycles. The first-order valence-electron chi connectivity index (χ1n) is 10.2. The van der Waals surface area contributed by atoms with Gasteiger partial charge in [-0.1, -0.05) is 57.2 Å². The number of esters is 1. The van der Waals surface area contributed by atoms with Gasteiger partial charge in [0.05, 0.1) is 6.61 Å². The van der Waals surface area contributed by atoms with Crippen LogP contribution < -0.4 is 14.1 Å². The summed E-state index contributed by atoms with van der Waals surface area (Å²) in [5.74, 6) is -14.6. The second kappa shape index (κ2) is 10.2. The van der Waals surface area contributed by atoms with Gasteiger partial charge in [0.2, 0.25) is 34.8 Å². The molecule has 35 heavy (non-hydrogen) atoms. The molecule has 0 saturated heterocycles. The van der Waals surface area contributed by atoms with Crippen LogP contribution >= 0.6 is 7.75 Å². The van der Waals surface area contributed by atoms with Crippen molar-refractivity contribution in [2.45, 2.75) is 20.8 Å². The van der Waals surface area contributed by atoms with Crippen LogP contribution in [-0.4, -0.2) is 19.1 Å². The standard InChI is InChI=1S/C23H21F5NO5P/c1-23(2,3)12-32-16(30)11-29-35(31,33-15-10-6-8-13-7-4-5-9-14(13)15)34-22-20(27)18(25)17(24)19(26)21(22)28/h4-10H,11-12H2,1-3H3,(H,29,31). The Bertz CT molecular complexity index is 1280. The van der Waals surface area contributed by atoms with Crippen molar-refractivity contribution in [1.82, 2.24) is 5.09 Å². The molecular weight excluding hydrogens is 496 g/mol. The molecule has 1 unspecified atom stereocenters. The summed E-state index contributed by atoms with van der Waals surface area (Å²) in [5.41, 5.74) is -0.398. The van der Waals surface area contributed by atoms with E-state index in [2.05, 4.69) is 5.09 Å². The van der Waals surface area contributed by atoms with Gasteiger partial charge >= 0.3 is 13.7 Å². The minimum absolute atomic E-state index is 0.0134. The van der Waals surface area contributed by atoms with Crippen LogP contribution in [0.1, 0.15) is 20.8 Å². The van der Waals surface area contributed by atoms with Crippen LogP contribution in [0.15, 0.2) is 42.5 Å². The van der Waals surface area contributed by atoms with Crippen LogP contribution in [0.3, 0.4) is 0 Å². The topological polar surface area (TPSA) is 73.9 Å². The van der Waals surface area contributed by atoms with E-state index in [1.807, 2.05) is 0 Å². The predicted octanol–water partition coefficient (Wildman–Crippen LogP) is 6.28. The summed E-state index contributed by atoms with van der Waals surface area (Å²) >= 11 is 0. The molecule has 0 aliphatic heterocycles. The van der Waals surface area contributed by atoms with Crippen molar-refractivity contribution < 1.29 is 45.1 Å². The molecule has 188 valence electrons. The van der Waals surface area contributed by atoms with Gasteiger partial charge in [0.15, 0.2) is 0 Å². The van der Waals surface area contributed by atoms with Crippen LogP contribution in [0.25, 0.3) is 10.8 Å². The van der Waals surface area contributed by atoms with Crippen molar-refractivity contribution in [3.63, 3.8) is 0 Å². The first-order chi connectivity index (χ1) is 16.3. The molecule has 0 aliphatic carbocycles. The number of carbonyl (C=O) groups is 1. The molecule has 0 amide bonds. The van der Waals surface area contributed by atoms with Crippen molar-refractivity contribution in [3.05, 3.63) is 71.6 Å². The molecule has 1 atom stereocenters. The van der Waals surface area contributed by atoms with Gasteiger partial charge in [-0.15, -0.1) is 0 Å². The molecule has 0 aromatic heterocycles. The molecule has 0 fully saturated rings. The Morgan fingerprint density at radius 2 is 1.43 bits per heavy atom. The van der Waals surface area contributed by atoms with E-state index in [9.17, 15) is 31.3 Å². The van der Waals surface area contributed by atoms with Gasteiger partial charge in [-0.3, -0.25) is 4.79 Å². The Hall–Kier alpha value is -3.17. The van der Waals surface area contributed by atoms with Crippen molar-refractivity contribution >= 4 is 24.5 Å². The van der Waals surface area contributed by atoms with E-state index in [-0.39, 0.29) is 12.4 Å². The molecule has 3 rings (SSSR count). The van der Waals surface area contributed by atoms with Gasteiger partial charge in [-0.2, -0.15) is 13.9 Å². The highest BCUT2D eigenvalue weighted by atomic mass is 31.2. The molecule has 1 N–H and O–H groups in total. The fraction of sp³-hybridized carbons (Fsp3) is 0.261. The number of hydrogen-bond acceptors (Lipinski definition) is 5. The fourth-order valence-electron chi connectivity index (χ4n) is 2.78. The number of benzene rings is 3. The van der Waals surface area contributed by atoms with Crippen LogP contribution in [0.2, 0.25) is 0 Å². The van der Waals surface area contributed by atoms with Crippen molar-refractivity contribution in [1.29, 1.82) is 0 Å². The second-order valence-electron chi connectivity index (χ2n) is 8.61. The molecule has 0 heterocycles. The van der Waals surface area contributed by atoms with Gasteiger partial charge in [-0.05, 0) is 16.9 Å². The number of halogens is 5. The molecule has 6 nitrogen and oxygen atoms in total. The average Bonchev–Trinajstić information content (AvgIpc) is 2.81. The molecule has 0 bridgehead atoms. The summed E-state index contributed by atoms with van der Waals surface area (Å²) in [6.45, 7) is 4.52. The zero-order valence-electron chi connectivity index (χ0n) is 18.8. The first-order valence-corrected chi connectivity index (χ1v) is 11.7. The van der Waals surface area contributed by atoms with Gasteiger partial charge in [0.25, 0.3) is 0 Å². The van der Waals surface area contributed by atoms with Crippen LogP contribution in [0, 0.1) is 34.5 Å². The number of hydrogen-bond donors (Lipinski definition) is 1. The molecule has 0 radical (unpaired) electrons. The first kappa shape index (κ1) is 26.4.